The molecule has 0 bridgehead atoms. The minimum atomic E-state index is -3.67. The van der Waals surface area contributed by atoms with Crippen LogP contribution in [0.1, 0.15) is 11.4 Å². The van der Waals surface area contributed by atoms with Crippen molar-refractivity contribution in [3.63, 3.8) is 0 Å². The molecule has 7 heteroatoms. The van der Waals surface area contributed by atoms with Gasteiger partial charge in [0.1, 0.15) is 5.82 Å². The van der Waals surface area contributed by atoms with E-state index in [4.69, 9.17) is 0 Å². The predicted octanol–water partition coefficient (Wildman–Crippen LogP) is 1.25. The van der Waals surface area contributed by atoms with Crippen LogP contribution in [-0.2, 0) is 23.6 Å². The number of aryl methyl sites for hydroxylation is 2. The summed E-state index contributed by atoms with van der Waals surface area (Å²) in [5, 5.41) is 3.03. The molecule has 1 aromatic heterocycles. The lowest BCUT2D eigenvalue weighted by Gasteiger charge is -2.10. The van der Waals surface area contributed by atoms with Gasteiger partial charge in [0.25, 0.3) is 10.0 Å². The first-order valence-corrected chi connectivity index (χ1v) is 7.67. The molecule has 0 atom stereocenters. The van der Waals surface area contributed by atoms with Crippen LogP contribution in [-0.4, -0.2) is 25.0 Å². The molecule has 0 saturated carbocycles. The molecular formula is C13H18N4O2S. The Hall–Kier alpha value is -1.86. The van der Waals surface area contributed by atoms with Crippen molar-refractivity contribution in [2.75, 3.05) is 11.8 Å². The SMILES string of the molecule is CNCc1ccccc1NS(=O)(=O)c1cn(C)c(C)n1. The molecule has 0 saturated heterocycles. The van der Waals surface area contributed by atoms with Gasteiger partial charge in [-0.15, -0.1) is 0 Å². The number of sulfonamides is 1. The van der Waals surface area contributed by atoms with Crippen LogP contribution in [0.2, 0.25) is 0 Å². The van der Waals surface area contributed by atoms with E-state index in [-0.39, 0.29) is 5.03 Å². The summed E-state index contributed by atoms with van der Waals surface area (Å²) in [6.45, 7) is 2.34. The van der Waals surface area contributed by atoms with Gasteiger partial charge in [0.05, 0.1) is 5.69 Å². The predicted molar refractivity (Wildman–Crippen MR) is 78.0 cm³/mol. The second-order valence-electron chi connectivity index (χ2n) is 4.53. The van der Waals surface area contributed by atoms with Gasteiger partial charge in [0.2, 0.25) is 0 Å². The zero-order valence-electron chi connectivity index (χ0n) is 11.7. The molecule has 0 fully saturated rings. The molecule has 2 rings (SSSR count). The minimum Gasteiger partial charge on any atom is -0.337 e. The number of rotatable bonds is 5. The summed E-state index contributed by atoms with van der Waals surface area (Å²) < 4.78 is 28.9. The van der Waals surface area contributed by atoms with Crippen molar-refractivity contribution >= 4 is 15.7 Å². The van der Waals surface area contributed by atoms with Crippen molar-refractivity contribution < 1.29 is 8.42 Å². The van der Waals surface area contributed by atoms with E-state index in [9.17, 15) is 8.42 Å². The van der Waals surface area contributed by atoms with Gasteiger partial charge in [-0.25, -0.2) is 4.98 Å². The molecule has 0 unspecified atom stereocenters. The zero-order valence-corrected chi connectivity index (χ0v) is 12.5. The average molecular weight is 294 g/mol. The van der Waals surface area contributed by atoms with Crippen LogP contribution in [0, 0.1) is 6.92 Å². The van der Waals surface area contributed by atoms with Gasteiger partial charge in [-0.1, -0.05) is 18.2 Å². The van der Waals surface area contributed by atoms with Crippen LogP contribution in [0.4, 0.5) is 5.69 Å². The van der Waals surface area contributed by atoms with Crippen LogP contribution in [0.25, 0.3) is 0 Å². The third-order valence-corrected chi connectivity index (χ3v) is 4.23. The molecule has 1 aromatic carbocycles. The lowest BCUT2D eigenvalue weighted by molar-refractivity contribution is 0.598. The van der Waals surface area contributed by atoms with Crippen molar-refractivity contribution in [2.24, 2.45) is 7.05 Å². The Morgan fingerprint density at radius 1 is 1.30 bits per heavy atom. The van der Waals surface area contributed by atoms with E-state index in [1.807, 2.05) is 19.2 Å². The number of anilines is 1. The molecule has 1 heterocycles. The smallest absolute Gasteiger partial charge is 0.280 e. The molecule has 0 aliphatic rings. The van der Waals surface area contributed by atoms with Gasteiger partial charge in [-0.3, -0.25) is 4.72 Å². The van der Waals surface area contributed by atoms with Crippen molar-refractivity contribution in [2.45, 2.75) is 18.5 Å². The summed E-state index contributed by atoms with van der Waals surface area (Å²) in [6, 6.07) is 7.27. The van der Waals surface area contributed by atoms with Gasteiger partial charge >= 0.3 is 0 Å². The summed E-state index contributed by atoms with van der Waals surface area (Å²) >= 11 is 0. The third-order valence-electron chi connectivity index (χ3n) is 2.99. The average Bonchev–Trinajstić information content (AvgIpc) is 2.73. The fourth-order valence-corrected chi connectivity index (χ4v) is 2.96. The molecule has 0 amide bonds. The van der Waals surface area contributed by atoms with Gasteiger partial charge in [-0.05, 0) is 25.6 Å². The van der Waals surface area contributed by atoms with Crippen molar-refractivity contribution in [1.29, 1.82) is 0 Å². The van der Waals surface area contributed by atoms with Crippen molar-refractivity contribution in [3.05, 3.63) is 41.9 Å². The van der Waals surface area contributed by atoms with Gasteiger partial charge in [-0.2, -0.15) is 8.42 Å². The largest absolute Gasteiger partial charge is 0.337 e. The molecule has 6 nitrogen and oxygen atoms in total. The highest BCUT2D eigenvalue weighted by atomic mass is 32.2. The molecule has 0 aliphatic heterocycles. The number of hydrogen-bond donors (Lipinski definition) is 2. The maximum Gasteiger partial charge on any atom is 0.280 e. The summed E-state index contributed by atoms with van der Waals surface area (Å²) in [5.74, 6) is 0.647. The highest BCUT2D eigenvalue weighted by molar-refractivity contribution is 7.92. The zero-order chi connectivity index (χ0) is 14.8. The molecule has 2 N–H and O–H groups in total. The van der Waals surface area contributed by atoms with E-state index in [2.05, 4.69) is 15.0 Å². The standard InChI is InChI=1S/C13H18N4O2S/c1-10-15-13(9-17(10)3)20(18,19)16-12-7-5-4-6-11(12)8-14-2/h4-7,9,14,16H,8H2,1-3H3. The number of imidazole rings is 1. The Labute approximate surface area is 118 Å². The molecular weight excluding hydrogens is 276 g/mol. The maximum absolute atomic E-state index is 12.3. The Morgan fingerprint density at radius 2 is 2.00 bits per heavy atom. The Kier molecular flexibility index (Phi) is 4.10. The third kappa shape index (κ3) is 3.00. The molecule has 2 aromatic rings. The number of para-hydroxylation sites is 1. The highest BCUT2D eigenvalue weighted by Crippen LogP contribution is 2.19. The van der Waals surface area contributed by atoms with E-state index in [0.717, 1.165) is 5.56 Å². The second-order valence-corrected chi connectivity index (χ2v) is 6.16. The number of nitrogens with one attached hydrogen (secondary N) is 2. The Morgan fingerprint density at radius 3 is 2.60 bits per heavy atom. The first-order chi connectivity index (χ1) is 9.44. The lowest BCUT2D eigenvalue weighted by Crippen LogP contribution is -2.16. The fraction of sp³-hybridized carbons (Fsp3) is 0.308. The van der Waals surface area contributed by atoms with E-state index in [1.54, 1.807) is 30.7 Å². The first-order valence-electron chi connectivity index (χ1n) is 6.19. The molecule has 20 heavy (non-hydrogen) atoms. The van der Waals surface area contributed by atoms with Crippen LogP contribution < -0.4 is 10.0 Å². The monoisotopic (exact) mass is 294 g/mol. The van der Waals surface area contributed by atoms with Gasteiger partial charge in [0, 0.05) is 19.8 Å². The normalized spacial score (nSPS) is 11.6. The van der Waals surface area contributed by atoms with Crippen LogP contribution in [0.15, 0.2) is 35.5 Å². The first kappa shape index (κ1) is 14.5. The topological polar surface area (TPSA) is 76.0 Å². The Balaban J connectivity index is 2.33. The van der Waals surface area contributed by atoms with E-state index in [1.165, 1.54) is 6.20 Å². The summed E-state index contributed by atoms with van der Waals surface area (Å²) in [4.78, 5) is 4.05. The van der Waals surface area contributed by atoms with Crippen LogP contribution >= 0.6 is 0 Å². The summed E-state index contributed by atoms with van der Waals surface area (Å²) in [7, 11) is -0.0924. The fourth-order valence-electron chi connectivity index (χ4n) is 1.82. The van der Waals surface area contributed by atoms with Crippen LogP contribution in [0.3, 0.4) is 0 Å². The lowest BCUT2D eigenvalue weighted by atomic mass is 10.2. The van der Waals surface area contributed by atoms with E-state index >= 15 is 0 Å². The highest BCUT2D eigenvalue weighted by Gasteiger charge is 2.19. The van der Waals surface area contributed by atoms with E-state index in [0.29, 0.717) is 18.1 Å². The summed E-state index contributed by atoms with van der Waals surface area (Å²) in [6.07, 6.45) is 1.50. The van der Waals surface area contributed by atoms with Crippen LogP contribution in [0.5, 0.6) is 0 Å². The number of nitrogens with zero attached hydrogens (tertiary/aromatic N) is 2. The maximum atomic E-state index is 12.3. The van der Waals surface area contributed by atoms with Crippen molar-refractivity contribution in [1.82, 2.24) is 14.9 Å². The molecule has 0 spiro atoms. The quantitative estimate of drug-likeness (QED) is 0.870. The van der Waals surface area contributed by atoms with Gasteiger partial charge in [0.15, 0.2) is 5.03 Å². The minimum absolute atomic E-state index is 0.0248. The Bertz CT molecular complexity index is 687. The molecule has 108 valence electrons. The number of aromatic nitrogens is 2. The summed E-state index contributed by atoms with van der Waals surface area (Å²) in [5.41, 5.74) is 1.44. The molecule has 0 aliphatic carbocycles. The van der Waals surface area contributed by atoms with Crippen molar-refractivity contribution in [3.8, 4) is 0 Å². The number of benzene rings is 1. The number of hydrogen-bond acceptors (Lipinski definition) is 4. The molecule has 0 radical (unpaired) electrons. The van der Waals surface area contributed by atoms with E-state index < -0.39 is 10.0 Å². The second kappa shape index (κ2) is 5.64. The van der Waals surface area contributed by atoms with Gasteiger partial charge < -0.3 is 9.88 Å².